The van der Waals surface area contributed by atoms with Gasteiger partial charge in [0.1, 0.15) is 11.5 Å². The van der Waals surface area contributed by atoms with Gasteiger partial charge in [0.2, 0.25) is 5.91 Å². The lowest BCUT2D eigenvalue weighted by Crippen LogP contribution is -2.41. The van der Waals surface area contributed by atoms with Crippen LogP contribution in [-0.4, -0.2) is 38.0 Å². The van der Waals surface area contributed by atoms with Crippen molar-refractivity contribution in [3.8, 4) is 17.4 Å². The van der Waals surface area contributed by atoms with Crippen molar-refractivity contribution in [3.05, 3.63) is 117 Å². The number of likely N-dealkylation sites (N-methyl/N-ethyl adjacent to an activating group) is 1. The Kier molecular flexibility index (Phi) is 11.7. The van der Waals surface area contributed by atoms with E-state index in [-0.39, 0.29) is 29.8 Å². The number of furan rings is 1. The number of nitrogens with zero attached hydrogens (tertiary/aromatic N) is 1. The summed E-state index contributed by atoms with van der Waals surface area (Å²) in [6.07, 6.45) is 0.492. The molecule has 0 saturated heterocycles. The van der Waals surface area contributed by atoms with E-state index in [0.717, 1.165) is 11.3 Å². The van der Waals surface area contributed by atoms with Gasteiger partial charge in [-0.25, -0.2) is 0 Å². The van der Waals surface area contributed by atoms with Crippen LogP contribution in [0.5, 0.6) is 0 Å². The topological polar surface area (TPSA) is 119 Å². The number of aryl methyl sites for hydroxylation is 1. The smallest absolute Gasteiger partial charge is 0.253 e. The first-order valence-corrected chi connectivity index (χ1v) is 15.0. The van der Waals surface area contributed by atoms with Gasteiger partial charge in [0, 0.05) is 37.2 Å². The van der Waals surface area contributed by atoms with E-state index in [9.17, 15) is 9.59 Å². The third-order valence-corrected chi connectivity index (χ3v) is 7.68. The van der Waals surface area contributed by atoms with E-state index in [2.05, 4.69) is 65.4 Å². The van der Waals surface area contributed by atoms with Gasteiger partial charge in [-0.05, 0) is 80.9 Å². The third kappa shape index (κ3) is 9.29. The van der Waals surface area contributed by atoms with E-state index in [1.54, 1.807) is 24.3 Å². The van der Waals surface area contributed by atoms with Gasteiger partial charge in [0.25, 0.3) is 5.91 Å². The van der Waals surface area contributed by atoms with Crippen LogP contribution in [0.25, 0.3) is 11.3 Å². The summed E-state index contributed by atoms with van der Waals surface area (Å²) in [6.45, 7) is 5.84. The summed E-state index contributed by atoms with van der Waals surface area (Å²) in [5, 5.41) is 21.8. The highest BCUT2D eigenvalue weighted by Gasteiger charge is 2.21. The Morgan fingerprint density at radius 1 is 0.977 bits per heavy atom. The predicted molar refractivity (Wildman–Crippen MR) is 173 cm³/mol. The minimum atomic E-state index is -0.499. The molecule has 0 aliphatic heterocycles. The van der Waals surface area contributed by atoms with E-state index in [4.69, 9.17) is 21.3 Å². The maximum absolute atomic E-state index is 13.5. The van der Waals surface area contributed by atoms with Crippen LogP contribution in [0, 0.1) is 18.3 Å². The Hall–Kier alpha value is -4.42. The molecule has 1 aromatic heterocycles. The summed E-state index contributed by atoms with van der Waals surface area (Å²) in [5.41, 5.74) is 4.86. The fourth-order valence-electron chi connectivity index (χ4n) is 4.77. The van der Waals surface area contributed by atoms with Crippen molar-refractivity contribution >= 4 is 23.4 Å². The van der Waals surface area contributed by atoms with Crippen LogP contribution in [0.4, 0.5) is 0 Å². The molecular weight excluding hydrogens is 574 g/mol. The normalized spacial score (nSPS) is 12.2. The summed E-state index contributed by atoms with van der Waals surface area (Å²) in [4.78, 5) is 26.2. The highest BCUT2D eigenvalue weighted by atomic mass is 35.5. The number of benzene rings is 3. The zero-order chi connectivity index (χ0) is 31.5. The van der Waals surface area contributed by atoms with Gasteiger partial charge in [0.05, 0.1) is 28.8 Å². The summed E-state index contributed by atoms with van der Waals surface area (Å²) in [7, 11) is 1.81. The van der Waals surface area contributed by atoms with Crippen LogP contribution in [0.3, 0.4) is 0 Å². The molecule has 4 N–H and O–H groups in total. The molecule has 4 aromatic rings. The van der Waals surface area contributed by atoms with Gasteiger partial charge in [-0.1, -0.05) is 53.6 Å². The highest BCUT2D eigenvalue weighted by molar-refractivity contribution is 6.34. The minimum absolute atomic E-state index is 0.0856. The zero-order valence-electron chi connectivity index (χ0n) is 25.2. The molecule has 0 fully saturated rings. The van der Waals surface area contributed by atoms with Gasteiger partial charge >= 0.3 is 0 Å². The monoisotopic (exact) mass is 611 g/mol. The van der Waals surface area contributed by atoms with Gasteiger partial charge in [-0.3, -0.25) is 9.59 Å². The molecule has 2 amide bonds. The second-order valence-corrected chi connectivity index (χ2v) is 11.2. The van der Waals surface area contributed by atoms with E-state index in [1.807, 2.05) is 37.4 Å². The van der Waals surface area contributed by atoms with E-state index >= 15 is 0 Å². The van der Waals surface area contributed by atoms with Crippen molar-refractivity contribution in [2.75, 3.05) is 20.1 Å². The molecule has 0 aliphatic carbocycles. The number of carbonyl (C=O) groups is 2. The molecule has 8 nitrogen and oxygen atoms in total. The van der Waals surface area contributed by atoms with Crippen molar-refractivity contribution in [2.45, 2.75) is 45.3 Å². The Morgan fingerprint density at radius 2 is 1.73 bits per heavy atom. The molecule has 3 aromatic carbocycles. The highest BCUT2D eigenvalue weighted by Crippen LogP contribution is 2.27. The lowest BCUT2D eigenvalue weighted by atomic mass is 10.0. The van der Waals surface area contributed by atoms with E-state index < -0.39 is 6.04 Å². The number of halogens is 1. The molecule has 0 spiro atoms. The van der Waals surface area contributed by atoms with Crippen molar-refractivity contribution in [1.29, 1.82) is 5.26 Å². The van der Waals surface area contributed by atoms with Crippen molar-refractivity contribution in [3.63, 3.8) is 0 Å². The van der Waals surface area contributed by atoms with Gasteiger partial charge in [-0.15, -0.1) is 0 Å². The summed E-state index contributed by atoms with van der Waals surface area (Å²) >= 11 is 6.49. The molecular formula is C35H38ClN5O3. The maximum atomic E-state index is 13.5. The molecule has 2 atom stereocenters. The molecule has 4 rings (SSSR count). The van der Waals surface area contributed by atoms with Crippen molar-refractivity contribution < 1.29 is 14.0 Å². The molecule has 44 heavy (non-hydrogen) atoms. The molecule has 0 radical (unpaired) electrons. The molecule has 228 valence electrons. The molecule has 0 saturated carbocycles. The van der Waals surface area contributed by atoms with Gasteiger partial charge in [0.15, 0.2) is 0 Å². The van der Waals surface area contributed by atoms with E-state index in [0.29, 0.717) is 48.0 Å². The van der Waals surface area contributed by atoms with Crippen LogP contribution < -0.4 is 21.3 Å². The fraction of sp³-hybridized carbons (Fsp3) is 0.286. The second-order valence-electron chi connectivity index (χ2n) is 10.8. The first-order chi connectivity index (χ1) is 21.2. The number of rotatable bonds is 14. The number of nitriles is 1. The first-order valence-electron chi connectivity index (χ1n) is 14.7. The lowest BCUT2D eigenvalue weighted by Gasteiger charge is -2.19. The molecule has 0 bridgehead atoms. The lowest BCUT2D eigenvalue weighted by molar-refractivity contribution is -0.121. The minimum Gasteiger partial charge on any atom is -0.460 e. The molecule has 1 unspecified atom stereocenters. The van der Waals surface area contributed by atoms with Gasteiger partial charge < -0.3 is 25.7 Å². The average Bonchev–Trinajstić information content (AvgIpc) is 3.50. The molecule has 9 heteroatoms. The van der Waals surface area contributed by atoms with Crippen LogP contribution in [0.2, 0.25) is 5.02 Å². The number of carbonyl (C=O) groups excluding carboxylic acids is 2. The summed E-state index contributed by atoms with van der Waals surface area (Å²) in [5.74, 6) is 0.826. The SMILES string of the molecule is CNCCNC(=O)C[C@@H](Cc1ccc(C#N)cc1)NC(=O)c1cc(-c2ccc(CNC(C)c3ccc(C)cc3)o2)ccc1Cl. The first kappa shape index (κ1) is 32.5. The predicted octanol–water partition coefficient (Wildman–Crippen LogP) is 5.70. The Balaban J connectivity index is 1.45. The number of amides is 2. The van der Waals surface area contributed by atoms with Gasteiger partial charge in [-0.2, -0.15) is 5.26 Å². The summed E-state index contributed by atoms with van der Waals surface area (Å²) in [6, 6.07) is 26.3. The number of nitrogens with one attached hydrogen (secondary N) is 4. The van der Waals surface area contributed by atoms with Crippen LogP contribution in [-0.2, 0) is 17.8 Å². The van der Waals surface area contributed by atoms with Crippen LogP contribution >= 0.6 is 11.6 Å². The number of hydrogen-bond acceptors (Lipinski definition) is 6. The van der Waals surface area contributed by atoms with Crippen LogP contribution in [0.15, 0.2) is 83.3 Å². The number of hydrogen-bond donors (Lipinski definition) is 4. The maximum Gasteiger partial charge on any atom is 0.253 e. The summed E-state index contributed by atoms with van der Waals surface area (Å²) < 4.78 is 6.11. The largest absolute Gasteiger partial charge is 0.460 e. The fourth-order valence-corrected chi connectivity index (χ4v) is 4.97. The quantitative estimate of drug-likeness (QED) is 0.136. The third-order valence-electron chi connectivity index (χ3n) is 7.35. The standard InChI is InChI=1S/C35H38ClN5O3/c1-23-4-10-27(11-5-23)24(2)40-22-30-13-15-33(44-30)28-12-14-32(36)31(19-28)35(43)41-29(20-34(42)39-17-16-38-3)18-25-6-8-26(21-37)9-7-25/h4-15,19,24,29,38,40H,16-18,20,22H2,1-3H3,(H,39,42)(H,41,43)/t24?,29-/m1/s1. The van der Waals surface area contributed by atoms with E-state index in [1.165, 1.54) is 11.1 Å². The zero-order valence-corrected chi connectivity index (χ0v) is 26.0. The Bertz CT molecular complexity index is 1590. The molecule has 0 aliphatic rings. The Morgan fingerprint density at radius 3 is 2.43 bits per heavy atom. The van der Waals surface area contributed by atoms with Crippen LogP contribution in [0.1, 0.15) is 57.8 Å². The van der Waals surface area contributed by atoms with Crippen molar-refractivity contribution in [1.82, 2.24) is 21.3 Å². The van der Waals surface area contributed by atoms with Crippen molar-refractivity contribution in [2.24, 2.45) is 0 Å². The molecule has 1 heterocycles. The Labute approximate surface area is 263 Å². The average molecular weight is 612 g/mol. The second kappa shape index (κ2) is 15.9.